The van der Waals surface area contributed by atoms with Crippen molar-refractivity contribution in [2.24, 2.45) is 35.5 Å². The van der Waals surface area contributed by atoms with Gasteiger partial charge in [0, 0.05) is 74.9 Å². The number of benzene rings is 3. The molecule has 12 amide bonds. The monoisotopic (exact) mass is 1390 g/mol. The Labute approximate surface area is 597 Å². The van der Waals surface area contributed by atoms with Gasteiger partial charge in [0.1, 0.15) is 35.6 Å². The third-order valence-electron chi connectivity index (χ3n) is 21.2. The summed E-state index contributed by atoms with van der Waals surface area (Å²) in [6.45, 7) is 6.11. The van der Waals surface area contributed by atoms with Crippen molar-refractivity contribution < 1.29 is 43.2 Å². The largest absolute Gasteiger partial charge is 0.384 e. The van der Waals surface area contributed by atoms with Crippen LogP contribution in [0.1, 0.15) is 134 Å². The van der Waals surface area contributed by atoms with Gasteiger partial charge < -0.3 is 47.9 Å². The van der Waals surface area contributed by atoms with Gasteiger partial charge in [-0.3, -0.25) is 43.5 Å². The maximum Gasteiger partial charge on any atom is 0.325 e. The van der Waals surface area contributed by atoms with Crippen LogP contribution >= 0.6 is 0 Å². The SMILES string of the molecule is CCC[C@@H](NC(=O)N1C(=O)[C@H](Cc2ccnc(N)c2)[C@H]1C(=O)N(C)c1ccccc1)C1CCCCC1.CC[C@@H](NC(=O)N1C(=O)[C@H](Cc2ccnc(N)c2)[C@H]1C(=O)N(C)c1ccccc1)C1CC1.C[C@@H](NC(=O)N1C(=O)[C@H](Cc2ccnc(N)c2)[C@H]1C(=O)N(C)c1ccccc1)C1CCCCC1. The number of pyridine rings is 3. The van der Waals surface area contributed by atoms with E-state index in [9.17, 15) is 43.2 Å². The fourth-order valence-electron chi connectivity index (χ4n) is 15.1. The van der Waals surface area contributed by atoms with Gasteiger partial charge in [0.25, 0.3) is 17.7 Å². The van der Waals surface area contributed by atoms with Gasteiger partial charge in [-0.05, 0) is 185 Å². The van der Waals surface area contributed by atoms with Crippen LogP contribution in [-0.2, 0) is 48.0 Å². The lowest BCUT2D eigenvalue weighted by Gasteiger charge is -2.46. The second kappa shape index (κ2) is 34.4. The predicted molar refractivity (Wildman–Crippen MR) is 393 cm³/mol. The molecule has 6 heterocycles. The second-order valence-corrected chi connectivity index (χ2v) is 28.0. The maximum atomic E-state index is 13.7. The molecule has 540 valence electrons. The molecule has 24 heteroatoms. The van der Waals surface area contributed by atoms with Crippen molar-refractivity contribution in [1.82, 2.24) is 45.6 Å². The number of para-hydroxylation sites is 3. The van der Waals surface area contributed by atoms with Crippen LogP contribution in [0.4, 0.5) is 48.9 Å². The standard InChI is InChI=1S/C28H37N5O3.C26H33N5O3.C24H29N5O3/c1-3-10-23(20-11-6-4-7-12-20)31-28(36)33-25(27(35)32(2)21-13-8-5-9-14-21)22(26(33)34)17-19-15-16-30-24(29)18-19;1-17(19-9-5-3-6-10-19)29-26(34)31-23(25(33)30(2)20-11-7-4-8-12-20)21(24(31)32)15-18-13-14-28-22(27)16-18;1-3-19(16-9-10-16)27-24(32)29-21(23(31)28(2)17-7-5-4-6-8-17)18(22(29)30)13-15-11-12-26-20(25)14-15/h5,8-9,13-16,18,20,22-23,25H,3-4,6-7,10-12,17H2,1-2H3,(H2,29,30)(H,31,36);4,7-8,11-14,16-17,19,21,23H,3,5-6,9-10,15H2,1-2H3,(H2,27,28)(H,29,34);4-8,11-12,14,16,18-19,21H,3,9-10,13H2,1-2H3,(H2,25,26)(H,27,32)/t22-,23-,25+;17-,21-,23+;18-,19-,21+/m111/s1. The van der Waals surface area contributed by atoms with Crippen molar-refractivity contribution >= 4 is 88.1 Å². The molecule has 6 aliphatic rings. The average Bonchev–Trinajstić information content (AvgIpc) is 0.884. The van der Waals surface area contributed by atoms with Gasteiger partial charge in [0.2, 0.25) is 17.7 Å². The van der Waals surface area contributed by atoms with Gasteiger partial charge in [-0.1, -0.05) is 113 Å². The van der Waals surface area contributed by atoms with Gasteiger partial charge >= 0.3 is 18.1 Å². The first kappa shape index (κ1) is 74.4. The number of nitrogens with zero attached hydrogens (tertiary/aromatic N) is 9. The van der Waals surface area contributed by atoms with Crippen LogP contribution in [0, 0.1) is 35.5 Å². The first-order chi connectivity index (χ1) is 49.2. The molecule has 3 aliphatic heterocycles. The van der Waals surface area contributed by atoms with Crippen molar-refractivity contribution in [3.05, 3.63) is 163 Å². The number of rotatable bonds is 21. The van der Waals surface area contributed by atoms with E-state index in [-0.39, 0.29) is 53.6 Å². The summed E-state index contributed by atoms with van der Waals surface area (Å²) in [7, 11) is 5.01. The summed E-state index contributed by atoms with van der Waals surface area (Å²) in [5, 5.41) is 9.13. The number of β-lactam (4-membered cyclic amide) rings is 3. The number of carbonyl (C=O) groups excluding carboxylic acids is 9. The van der Waals surface area contributed by atoms with Gasteiger partial charge in [0.05, 0.1) is 17.8 Å². The van der Waals surface area contributed by atoms with Crippen molar-refractivity contribution in [2.75, 3.05) is 53.0 Å². The summed E-state index contributed by atoms with van der Waals surface area (Å²) < 4.78 is 0. The quantitative estimate of drug-likeness (QED) is 0.0365. The minimum absolute atomic E-state index is 0.0113. The fraction of sp³-hybridized carbons (Fsp3) is 0.462. The number of imide groups is 3. The second-order valence-electron chi connectivity index (χ2n) is 28.0. The third-order valence-corrected chi connectivity index (χ3v) is 21.2. The molecule has 3 aromatic carbocycles. The number of hydrogen-bond donors (Lipinski definition) is 6. The smallest absolute Gasteiger partial charge is 0.325 e. The Hall–Kier alpha value is -10.3. The molecule has 3 saturated carbocycles. The van der Waals surface area contributed by atoms with Crippen LogP contribution in [0.3, 0.4) is 0 Å². The molecule has 6 aromatic rings. The molecule has 9 N–H and O–H groups in total. The molecule has 12 rings (SSSR count). The minimum Gasteiger partial charge on any atom is -0.384 e. The van der Waals surface area contributed by atoms with Crippen LogP contribution in [0.25, 0.3) is 0 Å². The van der Waals surface area contributed by atoms with Crippen molar-refractivity contribution in [2.45, 2.75) is 173 Å². The molecule has 0 bridgehead atoms. The molecular formula is C78H99N15O9. The average molecular weight is 1390 g/mol. The highest BCUT2D eigenvalue weighted by atomic mass is 16.2. The molecule has 0 spiro atoms. The number of nitrogens with two attached hydrogens (primary N) is 3. The van der Waals surface area contributed by atoms with E-state index in [4.69, 9.17) is 17.2 Å². The Morgan fingerprint density at radius 1 is 0.441 bits per heavy atom. The summed E-state index contributed by atoms with van der Waals surface area (Å²) in [5.74, 6) is -1.50. The number of nitrogen functional groups attached to an aromatic ring is 3. The summed E-state index contributed by atoms with van der Waals surface area (Å²) in [6.07, 6.45) is 21.9. The van der Waals surface area contributed by atoms with E-state index in [1.807, 2.05) is 105 Å². The van der Waals surface area contributed by atoms with Gasteiger partial charge in [-0.25, -0.2) is 29.3 Å². The first-order valence-corrected chi connectivity index (χ1v) is 36.2. The van der Waals surface area contributed by atoms with Crippen LogP contribution in [0.5, 0.6) is 0 Å². The molecule has 3 aliphatic carbocycles. The van der Waals surface area contributed by atoms with E-state index in [0.29, 0.717) is 71.5 Å². The molecule has 24 nitrogen and oxygen atoms in total. The third kappa shape index (κ3) is 17.7. The lowest BCUT2D eigenvalue weighted by Crippen LogP contribution is -2.71. The van der Waals surface area contributed by atoms with Crippen LogP contribution in [-0.4, -0.2) is 141 Å². The van der Waals surface area contributed by atoms with Gasteiger partial charge in [-0.15, -0.1) is 0 Å². The Kier molecular flexibility index (Phi) is 25.1. The molecule has 3 saturated heterocycles. The van der Waals surface area contributed by atoms with E-state index >= 15 is 0 Å². The number of carbonyl (C=O) groups is 9. The van der Waals surface area contributed by atoms with E-state index < -0.39 is 54.0 Å². The highest BCUT2D eigenvalue weighted by molar-refractivity contribution is 6.14. The fourth-order valence-corrected chi connectivity index (χ4v) is 15.1. The van der Waals surface area contributed by atoms with E-state index in [2.05, 4.69) is 37.8 Å². The van der Waals surface area contributed by atoms with E-state index in [1.54, 1.807) is 76.1 Å². The topological polar surface area (TPSA) is 326 Å². The number of likely N-dealkylation sites (tertiary alicyclic amines) is 3. The van der Waals surface area contributed by atoms with Crippen LogP contribution in [0.15, 0.2) is 146 Å². The number of nitrogens with one attached hydrogen (secondary N) is 3. The van der Waals surface area contributed by atoms with Crippen LogP contribution < -0.4 is 47.9 Å². The predicted octanol–water partition coefficient (Wildman–Crippen LogP) is 10.1. The van der Waals surface area contributed by atoms with Crippen molar-refractivity contribution in [3.8, 4) is 0 Å². The Morgan fingerprint density at radius 2 is 0.755 bits per heavy atom. The molecular weight excluding hydrogens is 1290 g/mol. The van der Waals surface area contributed by atoms with Crippen molar-refractivity contribution in [1.29, 1.82) is 0 Å². The molecule has 9 atom stereocenters. The Balaban J connectivity index is 0.000000165. The number of hydrogen-bond acceptors (Lipinski definition) is 15. The summed E-state index contributed by atoms with van der Waals surface area (Å²) >= 11 is 0. The summed E-state index contributed by atoms with van der Waals surface area (Å²) in [6, 6.07) is 34.0. The zero-order valence-corrected chi connectivity index (χ0v) is 59.4. The highest BCUT2D eigenvalue weighted by Gasteiger charge is 2.58. The lowest BCUT2D eigenvalue weighted by atomic mass is 9.81. The number of anilines is 6. The zero-order valence-electron chi connectivity index (χ0n) is 59.4. The molecule has 3 aromatic heterocycles. The van der Waals surface area contributed by atoms with Crippen LogP contribution in [0.2, 0.25) is 0 Å². The molecule has 0 radical (unpaired) electrons. The normalized spacial score (nSPS) is 21.1. The van der Waals surface area contributed by atoms with E-state index in [0.717, 1.165) is 102 Å². The highest BCUT2D eigenvalue weighted by Crippen LogP contribution is 2.39. The van der Waals surface area contributed by atoms with Crippen molar-refractivity contribution in [3.63, 3.8) is 0 Å². The zero-order chi connectivity index (χ0) is 72.7. The summed E-state index contributed by atoms with van der Waals surface area (Å²) in [4.78, 5) is 140. The number of urea groups is 3. The van der Waals surface area contributed by atoms with E-state index in [1.165, 1.54) is 40.4 Å². The number of amides is 12. The maximum absolute atomic E-state index is 13.7. The van der Waals surface area contributed by atoms with Gasteiger partial charge in [-0.2, -0.15) is 0 Å². The minimum atomic E-state index is -0.884. The first-order valence-electron chi connectivity index (χ1n) is 36.2. The molecule has 6 fully saturated rings. The lowest BCUT2D eigenvalue weighted by molar-refractivity contribution is -0.156. The number of aromatic nitrogens is 3. The van der Waals surface area contributed by atoms with Gasteiger partial charge in [0.15, 0.2) is 0 Å². The Morgan fingerprint density at radius 3 is 1.07 bits per heavy atom. The Bertz CT molecular complexity index is 3910. The molecule has 0 unspecified atom stereocenters. The summed E-state index contributed by atoms with van der Waals surface area (Å²) in [5.41, 5.74) is 22.0. The number of likely N-dealkylation sites (N-methyl/N-ethyl adjacent to an activating group) is 3. The molecule has 102 heavy (non-hydrogen) atoms.